The molecule has 1 heteroatoms. The van der Waals surface area contributed by atoms with Gasteiger partial charge in [0.25, 0.3) is 0 Å². The average Bonchev–Trinajstić information content (AvgIpc) is 1.61. The molecule has 6 heavy (non-hydrogen) atoms. The first-order valence-corrected chi connectivity index (χ1v) is 2.28. The molecular weight excluding hydrogens is 74.1 g/mol. The van der Waals surface area contributed by atoms with Crippen LogP contribution in [0, 0.1) is 0 Å². The summed E-state index contributed by atoms with van der Waals surface area (Å²) >= 11 is 0. The molecule has 0 aromatic rings. The zero-order valence-corrected chi connectivity index (χ0v) is 4.15. The van der Waals surface area contributed by atoms with Crippen LogP contribution in [0.4, 0.5) is 0 Å². The van der Waals surface area contributed by atoms with Crippen LogP contribution in [0.2, 0.25) is 0 Å². The van der Waals surface area contributed by atoms with Crippen molar-refractivity contribution in [3.63, 3.8) is 0 Å². The molecule has 0 aliphatic carbocycles. The topological polar surface area (TPSA) is 26.0 Å². The molecule has 0 aromatic heterocycles. The maximum absolute atomic E-state index is 5.03. The van der Waals surface area contributed by atoms with Gasteiger partial charge >= 0.3 is 0 Å². The number of allylic oxidation sites excluding steroid dienone is 1. The largest absolute Gasteiger partial charge is 0.405 e. The lowest BCUT2D eigenvalue weighted by Crippen LogP contribution is -1.73. The van der Waals surface area contributed by atoms with Crippen LogP contribution in [-0.4, -0.2) is 0 Å². The second-order valence-corrected chi connectivity index (χ2v) is 1.22. The highest BCUT2D eigenvalue weighted by atomic mass is 14.5. The Morgan fingerprint density at radius 1 is 1.67 bits per heavy atom. The van der Waals surface area contributed by atoms with Gasteiger partial charge in [-0.15, -0.1) is 0 Å². The van der Waals surface area contributed by atoms with Crippen LogP contribution in [0.1, 0.15) is 19.8 Å². The van der Waals surface area contributed by atoms with E-state index in [1.807, 2.05) is 6.08 Å². The van der Waals surface area contributed by atoms with E-state index in [4.69, 9.17) is 5.73 Å². The lowest BCUT2D eigenvalue weighted by Gasteiger charge is -1.76. The number of hydrogen-bond donors (Lipinski definition) is 1. The predicted octanol–water partition coefficient (Wildman–Crippen LogP) is 1.26. The Bertz CT molecular complexity index is 39.2. The fourth-order valence-electron chi connectivity index (χ4n) is 0.263. The molecule has 1 nitrogen and oxygen atoms in total. The summed E-state index contributed by atoms with van der Waals surface area (Å²) in [7, 11) is 0. The Balaban J connectivity index is 2.66. The average molecular weight is 85.2 g/mol. The van der Waals surface area contributed by atoms with Gasteiger partial charge in [0, 0.05) is 0 Å². The second-order valence-electron chi connectivity index (χ2n) is 1.22. The highest BCUT2D eigenvalue weighted by Crippen LogP contribution is 1.83. The number of nitrogens with two attached hydrogens (primary N) is 1. The van der Waals surface area contributed by atoms with E-state index < -0.39 is 0 Å². The fourth-order valence-corrected chi connectivity index (χ4v) is 0.263. The van der Waals surface area contributed by atoms with Crippen molar-refractivity contribution in [3.8, 4) is 0 Å². The molecule has 36 valence electrons. The van der Waals surface area contributed by atoms with Gasteiger partial charge in [0.2, 0.25) is 0 Å². The molecule has 0 radical (unpaired) electrons. The minimum absolute atomic E-state index is 1.11. The lowest BCUT2D eigenvalue weighted by molar-refractivity contribution is 0.956. The number of unbranched alkanes of at least 4 members (excludes halogenated alkanes) is 1. The maximum atomic E-state index is 5.03. The van der Waals surface area contributed by atoms with E-state index in [9.17, 15) is 0 Å². The summed E-state index contributed by atoms with van der Waals surface area (Å²) in [6.45, 7) is 2.12. The van der Waals surface area contributed by atoms with Crippen molar-refractivity contribution in [3.05, 3.63) is 12.3 Å². The van der Waals surface area contributed by atoms with Gasteiger partial charge in [0.15, 0.2) is 0 Å². The molecule has 0 bridgehead atoms. The molecule has 0 atom stereocenters. The van der Waals surface area contributed by atoms with Crippen LogP contribution in [0.3, 0.4) is 0 Å². The minimum Gasteiger partial charge on any atom is -0.405 e. The molecule has 2 N–H and O–H groups in total. The van der Waals surface area contributed by atoms with Gasteiger partial charge in [0.1, 0.15) is 0 Å². The Kier molecular flexibility index (Phi) is 4.19. The van der Waals surface area contributed by atoms with Crippen molar-refractivity contribution < 1.29 is 0 Å². The summed E-state index contributed by atoms with van der Waals surface area (Å²) in [5.41, 5.74) is 5.03. The van der Waals surface area contributed by atoms with Crippen LogP contribution in [-0.2, 0) is 0 Å². The van der Waals surface area contributed by atoms with Crippen LogP contribution >= 0.6 is 0 Å². The van der Waals surface area contributed by atoms with E-state index in [1.165, 1.54) is 6.42 Å². The highest BCUT2D eigenvalue weighted by Gasteiger charge is 1.65. The third-order valence-electron chi connectivity index (χ3n) is 0.591. The molecule has 0 amide bonds. The van der Waals surface area contributed by atoms with Gasteiger partial charge in [-0.1, -0.05) is 19.4 Å². The predicted molar refractivity (Wildman–Crippen MR) is 28.2 cm³/mol. The molecule has 0 aliphatic heterocycles. The Morgan fingerprint density at radius 3 is 2.50 bits per heavy atom. The van der Waals surface area contributed by atoms with Crippen LogP contribution in [0.15, 0.2) is 12.3 Å². The van der Waals surface area contributed by atoms with Gasteiger partial charge in [-0.2, -0.15) is 0 Å². The SMILES string of the molecule is CCC/C=C/N. The smallest absolute Gasteiger partial charge is 0.0103 e. The van der Waals surface area contributed by atoms with Gasteiger partial charge < -0.3 is 5.73 Å². The maximum Gasteiger partial charge on any atom is -0.0103 e. The molecule has 0 spiro atoms. The summed E-state index contributed by atoms with van der Waals surface area (Å²) in [5.74, 6) is 0. The van der Waals surface area contributed by atoms with Gasteiger partial charge in [0.05, 0.1) is 0 Å². The van der Waals surface area contributed by atoms with Crippen LogP contribution in [0.5, 0.6) is 0 Å². The van der Waals surface area contributed by atoms with Crippen molar-refractivity contribution in [2.75, 3.05) is 0 Å². The summed E-state index contributed by atoms with van der Waals surface area (Å²) in [4.78, 5) is 0. The van der Waals surface area contributed by atoms with Crippen molar-refractivity contribution in [2.24, 2.45) is 5.73 Å². The van der Waals surface area contributed by atoms with E-state index in [-0.39, 0.29) is 0 Å². The molecule has 0 aromatic carbocycles. The van der Waals surface area contributed by atoms with Crippen molar-refractivity contribution in [1.29, 1.82) is 0 Å². The summed E-state index contributed by atoms with van der Waals surface area (Å²) in [6.07, 6.45) is 5.84. The van der Waals surface area contributed by atoms with Crippen molar-refractivity contribution in [2.45, 2.75) is 19.8 Å². The Labute approximate surface area is 38.8 Å². The molecule has 0 saturated carbocycles. The second kappa shape index (κ2) is 4.54. The van der Waals surface area contributed by atoms with E-state index in [0.717, 1.165) is 6.42 Å². The van der Waals surface area contributed by atoms with E-state index in [1.54, 1.807) is 6.20 Å². The van der Waals surface area contributed by atoms with Crippen LogP contribution < -0.4 is 5.73 Å². The standard InChI is InChI=1S/C5H11N/c1-2-3-4-5-6/h4-5H,2-3,6H2,1H3/b5-4+. The quantitative estimate of drug-likeness (QED) is 0.536. The Hall–Kier alpha value is -0.460. The number of rotatable bonds is 2. The third-order valence-corrected chi connectivity index (χ3v) is 0.591. The molecule has 0 unspecified atom stereocenters. The summed E-state index contributed by atoms with van der Waals surface area (Å²) in [6, 6.07) is 0. The van der Waals surface area contributed by atoms with E-state index in [2.05, 4.69) is 6.92 Å². The molecule has 0 heterocycles. The van der Waals surface area contributed by atoms with Gasteiger partial charge in [-0.05, 0) is 12.6 Å². The normalized spacial score (nSPS) is 10.2. The third kappa shape index (κ3) is 3.54. The molecule has 0 saturated heterocycles. The van der Waals surface area contributed by atoms with Crippen LogP contribution in [0.25, 0.3) is 0 Å². The van der Waals surface area contributed by atoms with E-state index in [0.29, 0.717) is 0 Å². The van der Waals surface area contributed by atoms with Crippen molar-refractivity contribution in [1.82, 2.24) is 0 Å². The number of hydrogen-bond acceptors (Lipinski definition) is 1. The Morgan fingerprint density at radius 2 is 2.33 bits per heavy atom. The monoisotopic (exact) mass is 85.1 g/mol. The summed E-state index contributed by atoms with van der Waals surface area (Å²) in [5, 5.41) is 0. The fraction of sp³-hybridized carbons (Fsp3) is 0.600. The van der Waals surface area contributed by atoms with E-state index >= 15 is 0 Å². The highest BCUT2D eigenvalue weighted by molar-refractivity contribution is 4.73. The molecular formula is C5H11N. The molecule has 0 fully saturated rings. The van der Waals surface area contributed by atoms with Gasteiger partial charge in [-0.3, -0.25) is 0 Å². The minimum atomic E-state index is 1.11. The zero-order valence-electron chi connectivity index (χ0n) is 4.15. The summed E-state index contributed by atoms with van der Waals surface area (Å²) < 4.78 is 0. The first-order chi connectivity index (χ1) is 2.91. The molecule has 0 aliphatic rings. The first-order valence-electron chi connectivity index (χ1n) is 2.28. The van der Waals surface area contributed by atoms with Crippen molar-refractivity contribution >= 4 is 0 Å². The first kappa shape index (κ1) is 5.54. The van der Waals surface area contributed by atoms with Gasteiger partial charge in [-0.25, -0.2) is 0 Å². The molecule has 0 rings (SSSR count). The lowest BCUT2D eigenvalue weighted by atomic mass is 10.3. The zero-order chi connectivity index (χ0) is 4.83.